The Morgan fingerprint density at radius 3 is 2.67 bits per heavy atom. The number of nitrogens with one attached hydrogen (secondary N) is 2. The number of aliphatic hydroxyl groups is 1. The second-order valence-corrected chi connectivity index (χ2v) is 10.1. The van der Waals surface area contributed by atoms with Crippen molar-refractivity contribution in [3.63, 3.8) is 0 Å². The predicted molar refractivity (Wildman–Crippen MR) is 125 cm³/mol. The van der Waals surface area contributed by atoms with Gasteiger partial charge in [0.15, 0.2) is 5.82 Å². The Labute approximate surface area is 197 Å². The lowest BCUT2D eigenvalue weighted by molar-refractivity contribution is 0.211. The maximum absolute atomic E-state index is 15.2. The summed E-state index contributed by atoms with van der Waals surface area (Å²) < 4.78 is 56.8. The van der Waals surface area contributed by atoms with Crippen molar-refractivity contribution in [1.82, 2.24) is 15.0 Å². The molecule has 11 heteroatoms. The van der Waals surface area contributed by atoms with Gasteiger partial charge in [-0.15, -0.1) is 0 Å². The summed E-state index contributed by atoms with van der Waals surface area (Å²) in [7, 11) is -3.81. The van der Waals surface area contributed by atoms with Crippen molar-refractivity contribution < 1.29 is 22.3 Å². The summed E-state index contributed by atoms with van der Waals surface area (Å²) in [5.74, 6) is -2.41. The molecule has 0 fully saturated rings. The zero-order valence-corrected chi connectivity index (χ0v) is 19.7. The van der Waals surface area contributed by atoms with Crippen LogP contribution in [-0.4, -0.2) is 34.2 Å². The van der Waals surface area contributed by atoms with Gasteiger partial charge < -0.3 is 10.1 Å². The smallest absolute Gasteiger partial charge is 0.232 e. The highest BCUT2D eigenvalue weighted by molar-refractivity contribution is 9.10. The molecule has 4 aromatic rings. The molecule has 0 saturated carbocycles. The number of fused-ring (bicyclic) bond motifs is 1. The molecular weight excluding hydrogens is 518 g/mol. The van der Waals surface area contributed by atoms with Gasteiger partial charge in [-0.05, 0) is 52.7 Å². The van der Waals surface area contributed by atoms with Crippen LogP contribution in [0.2, 0.25) is 0 Å². The van der Waals surface area contributed by atoms with Gasteiger partial charge in [0.25, 0.3) is 0 Å². The van der Waals surface area contributed by atoms with E-state index in [4.69, 9.17) is 0 Å². The van der Waals surface area contributed by atoms with Gasteiger partial charge >= 0.3 is 0 Å². The molecule has 172 valence electrons. The lowest BCUT2D eigenvalue weighted by atomic mass is 9.99. The number of aromatic amines is 1. The molecule has 1 unspecified atom stereocenters. The highest BCUT2D eigenvalue weighted by Gasteiger charge is 2.26. The van der Waals surface area contributed by atoms with Crippen molar-refractivity contribution in [1.29, 1.82) is 0 Å². The summed E-state index contributed by atoms with van der Waals surface area (Å²) >= 11 is 3.32. The monoisotopic (exact) mass is 536 g/mol. The number of H-pyrrole nitrogens is 1. The largest absolute Gasteiger partial charge is 0.383 e. The summed E-state index contributed by atoms with van der Waals surface area (Å²) in [5.41, 5.74) is 0.758. The Balaban J connectivity index is 1.77. The summed E-state index contributed by atoms with van der Waals surface area (Å²) in [6, 6.07) is 7.20. The number of pyridine rings is 2. The molecule has 0 bridgehead atoms. The van der Waals surface area contributed by atoms with E-state index in [1.165, 1.54) is 6.20 Å². The zero-order chi connectivity index (χ0) is 23.8. The molecule has 0 aliphatic carbocycles. The van der Waals surface area contributed by atoms with Crippen molar-refractivity contribution >= 4 is 42.7 Å². The second kappa shape index (κ2) is 9.16. The molecule has 4 rings (SSSR count). The molecule has 3 aromatic heterocycles. The minimum atomic E-state index is -3.81. The van der Waals surface area contributed by atoms with Crippen LogP contribution < -0.4 is 4.72 Å². The zero-order valence-electron chi connectivity index (χ0n) is 17.3. The molecule has 33 heavy (non-hydrogen) atoms. The third-order valence-corrected chi connectivity index (χ3v) is 6.96. The first-order chi connectivity index (χ1) is 15.7. The maximum Gasteiger partial charge on any atom is 0.232 e. The molecule has 1 aromatic carbocycles. The average Bonchev–Trinajstić information content (AvgIpc) is 3.19. The fourth-order valence-electron chi connectivity index (χ4n) is 3.48. The fraction of sp³-hybridized carbons (Fsp3) is 0.182. The Morgan fingerprint density at radius 1 is 1.18 bits per heavy atom. The number of halogens is 3. The molecule has 0 aliphatic rings. The number of aromatic nitrogens is 3. The van der Waals surface area contributed by atoms with E-state index in [1.807, 2.05) is 6.07 Å². The van der Waals surface area contributed by atoms with Gasteiger partial charge in [0, 0.05) is 39.6 Å². The molecule has 0 amide bonds. The van der Waals surface area contributed by atoms with Crippen molar-refractivity contribution in [2.45, 2.75) is 19.4 Å². The predicted octanol–water partition coefficient (Wildman–Crippen LogP) is 4.90. The van der Waals surface area contributed by atoms with Crippen LogP contribution in [0, 0.1) is 11.6 Å². The van der Waals surface area contributed by atoms with Crippen LogP contribution in [0.1, 0.15) is 30.6 Å². The lowest BCUT2D eigenvalue weighted by Crippen LogP contribution is -2.18. The first-order valence-corrected chi connectivity index (χ1v) is 12.4. The second-order valence-electron chi connectivity index (χ2n) is 7.37. The number of sulfonamides is 1. The molecule has 0 aliphatic heterocycles. The SMILES string of the molecule is CCCS(=O)(=O)Nc1ccc(F)c(C(O)c2c[nH]c3ncc(-c4ccc(Br)cn4)cc23)c1F. The summed E-state index contributed by atoms with van der Waals surface area (Å²) in [4.78, 5) is 11.5. The standard InChI is InChI=1S/C22H19BrF2N4O3S/c1-2-7-33(31,32)29-18-6-4-16(24)19(20(18)25)21(30)15-11-28-22-14(15)8-12(9-27-22)17-5-3-13(23)10-26-17/h3-6,8-11,21,29-30H,2,7H2,1H3,(H,27,28). The summed E-state index contributed by atoms with van der Waals surface area (Å²) in [6.45, 7) is 1.67. The van der Waals surface area contributed by atoms with E-state index in [0.717, 1.165) is 16.6 Å². The Bertz CT molecular complexity index is 1430. The fourth-order valence-corrected chi connectivity index (χ4v) is 4.84. The number of aliphatic hydroxyl groups excluding tert-OH is 1. The van der Waals surface area contributed by atoms with Crippen molar-refractivity contribution in [2.75, 3.05) is 10.5 Å². The summed E-state index contributed by atoms with van der Waals surface area (Å²) in [6.07, 6.45) is 3.24. The minimum absolute atomic E-state index is 0.183. The highest BCUT2D eigenvalue weighted by Crippen LogP contribution is 2.35. The third-order valence-electron chi connectivity index (χ3n) is 5.02. The molecule has 3 heterocycles. The number of anilines is 1. The van der Waals surface area contributed by atoms with Crippen LogP contribution in [0.3, 0.4) is 0 Å². The topological polar surface area (TPSA) is 108 Å². The molecule has 1 atom stereocenters. The van der Waals surface area contributed by atoms with Gasteiger partial charge in [0.1, 0.15) is 17.6 Å². The normalized spacial score (nSPS) is 12.8. The summed E-state index contributed by atoms with van der Waals surface area (Å²) in [5, 5.41) is 11.4. The van der Waals surface area contributed by atoms with E-state index in [1.54, 1.807) is 31.5 Å². The van der Waals surface area contributed by atoms with Crippen molar-refractivity contribution in [2.24, 2.45) is 0 Å². The van der Waals surface area contributed by atoms with Crippen molar-refractivity contribution in [3.05, 3.63) is 76.2 Å². The maximum atomic E-state index is 15.2. The molecule has 0 radical (unpaired) electrons. The first-order valence-electron chi connectivity index (χ1n) is 9.95. The van der Waals surface area contributed by atoms with Gasteiger partial charge in [-0.3, -0.25) is 9.71 Å². The van der Waals surface area contributed by atoms with Crippen molar-refractivity contribution in [3.8, 4) is 11.3 Å². The number of nitrogens with zero attached hydrogens (tertiary/aromatic N) is 2. The van der Waals surface area contributed by atoms with E-state index in [2.05, 4.69) is 35.6 Å². The Hall–Kier alpha value is -2.89. The van der Waals surface area contributed by atoms with E-state index >= 15 is 4.39 Å². The van der Waals surface area contributed by atoms with E-state index in [9.17, 15) is 17.9 Å². The van der Waals surface area contributed by atoms with E-state index in [0.29, 0.717) is 28.7 Å². The van der Waals surface area contributed by atoms with Crippen LogP contribution in [0.15, 0.2) is 53.4 Å². The average molecular weight is 537 g/mol. The van der Waals surface area contributed by atoms with Crippen LogP contribution in [-0.2, 0) is 10.0 Å². The van der Waals surface area contributed by atoms with Gasteiger partial charge in [0.2, 0.25) is 10.0 Å². The molecule has 0 spiro atoms. The quantitative estimate of drug-likeness (QED) is 0.311. The number of benzene rings is 1. The van der Waals surface area contributed by atoms with Gasteiger partial charge in [-0.2, -0.15) is 0 Å². The van der Waals surface area contributed by atoms with Crippen LogP contribution in [0.4, 0.5) is 14.5 Å². The molecule has 7 nitrogen and oxygen atoms in total. The van der Waals surface area contributed by atoms with Gasteiger partial charge in [0.05, 0.1) is 22.7 Å². The van der Waals surface area contributed by atoms with Gasteiger partial charge in [-0.1, -0.05) is 6.92 Å². The highest BCUT2D eigenvalue weighted by atomic mass is 79.9. The van der Waals surface area contributed by atoms with Crippen LogP contribution in [0.5, 0.6) is 0 Å². The Kier molecular flexibility index (Phi) is 6.46. The third kappa shape index (κ3) is 4.75. The number of hydrogen-bond acceptors (Lipinski definition) is 5. The number of rotatable bonds is 7. The first kappa shape index (κ1) is 23.3. The molecular formula is C22H19BrF2N4O3S. The molecule has 0 saturated heterocycles. The van der Waals surface area contributed by atoms with Gasteiger partial charge in [-0.25, -0.2) is 22.2 Å². The minimum Gasteiger partial charge on any atom is -0.383 e. The molecule has 3 N–H and O–H groups in total. The number of hydrogen-bond donors (Lipinski definition) is 3. The lowest BCUT2D eigenvalue weighted by Gasteiger charge is -2.16. The van der Waals surface area contributed by atoms with Crippen LogP contribution >= 0.6 is 15.9 Å². The van der Waals surface area contributed by atoms with E-state index in [-0.39, 0.29) is 11.3 Å². The van der Waals surface area contributed by atoms with E-state index < -0.39 is 39.0 Å². The Morgan fingerprint density at radius 2 is 1.97 bits per heavy atom. The van der Waals surface area contributed by atoms with Crippen LogP contribution in [0.25, 0.3) is 22.3 Å².